The van der Waals surface area contributed by atoms with Crippen LogP contribution in [0.3, 0.4) is 0 Å². The van der Waals surface area contributed by atoms with Crippen molar-refractivity contribution in [2.45, 2.75) is 10.5 Å². The summed E-state index contributed by atoms with van der Waals surface area (Å²) in [5.74, 6) is 2.77. The Morgan fingerprint density at radius 2 is 1.78 bits per heavy atom. The number of hydrogen-bond donors (Lipinski definition) is 1. The average Bonchev–Trinajstić information content (AvgIpc) is 1.87. The van der Waals surface area contributed by atoms with Crippen molar-refractivity contribution in [3.63, 3.8) is 0 Å². The maximum absolute atomic E-state index is 3.33. The summed E-state index contributed by atoms with van der Waals surface area (Å²) in [5, 5.41) is 3.33. The predicted molar refractivity (Wildman–Crippen MR) is 45.1 cm³/mol. The van der Waals surface area contributed by atoms with Crippen molar-refractivity contribution in [3.8, 4) is 0 Å². The lowest BCUT2D eigenvalue weighted by Crippen LogP contribution is -2.55. The Balaban J connectivity index is 1.93. The van der Waals surface area contributed by atoms with Gasteiger partial charge in [-0.2, -0.15) is 0 Å². The molecular formula is C6H11NS2. The van der Waals surface area contributed by atoms with Crippen LogP contribution < -0.4 is 5.32 Å². The second kappa shape index (κ2) is 2.36. The molecule has 0 aromatic heterocycles. The molecule has 1 nitrogen and oxygen atoms in total. The predicted octanol–water partition coefficient (Wildman–Crippen LogP) is 1.16. The van der Waals surface area contributed by atoms with Gasteiger partial charge in [-0.1, -0.05) is 0 Å². The fourth-order valence-electron chi connectivity index (χ4n) is 1.15. The molecule has 1 spiro atoms. The van der Waals surface area contributed by atoms with Crippen LogP contribution in [0.4, 0.5) is 0 Å². The zero-order valence-corrected chi connectivity index (χ0v) is 6.99. The van der Waals surface area contributed by atoms with E-state index in [2.05, 4.69) is 28.8 Å². The molecule has 9 heavy (non-hydrogen) atoms. The molecule has 2 fully saturated rings. The van der Waals surface area contributed by atoms with Gasteiger partial charge in [-0.25, -0.2) is 0 Å². The topological polar surface area (TPSA) is 12.0 Å². The molecule has 2 saturated heterocycles. The van der Waals surface area contributed by atoms with Gasteiger partial charge in [0.2, 0.25) is 0 Å². The molecule has 3 heteroatoms. The first-order valence-corrected chi connectivity index (χ1v) is 5.37. The third-order valence-electron chi connectivity index (χ3n) is 1.81. The van der Waals surface area contributed by atoms with Gasteiger partial charge in [-0.05, 0) is 17.9 Å². The van der Waals surface area contributed by atoms with Crippen LogP contribution in [0, 0.1) is 0 Å². The maximum Gasteiger partial charge on any atom is 0.0858 e. The molecule has 0 unspecified atom stereocenters. The minimum absolute atomic E-state index is 0.623. The highest BCUT2D eigenvalue weighted by molar-refractivity contribution is 8.19. The molecule has 2 heterocycles. The quantitative estimate of drug-likeness (QED) is 0.572. The Kier molecular flexibility index (Phi) is 1.67. The molecule has 0 aliphatic carbocycles. The smallest absolute Gasteiger partial charge is 0.0858 e. The summed E-state index contributed by atoms with van der Waals surface area (Å²) in [7, 11) is 0. The summed E-state index contributed by atoms with van der Waals surface area (Å²) in [6.07, 6.45) is 1.41. The van der Waals surface area contributed by atoms with E-state index in [0.717, 1.165) is 0 Å². The van der Waals surface area contributed by atoms with E-state index in [1.165, 1.54) is 31.0 Å². The van der Waals surface area contributed by atoms with Crippen LogP contribution in [-0.4, -0.2) is 28.7 Å². The van der Waals surface area contributed by atoms with E-state index in [1.54, 1.807) is 0 Å². The SMILES string of the molecule is C1CSC2(CNC2)SC1. The van der Waals surface area contributed by atoms with Gasteiger partial charge < -0.3 is 5.32 Å². The molecule has 0 saturated carbocycles. The van der Waals surface area contributed by atoms with Gasteiger partial charge in [-0.15, -0.1) is 23.5 Å². The van der Waals surface area contributed by atoms with Crippen molar-refractivity contribution < 1.29 is 0 Å². The molecule has 0 atom stereocenters. The molecule has 0 aromatic carbocycles. The highest BCUT2D eigenvalue weighted by Gasteiger charge is 2.39. The van der Waals surface area contributed by atoms with Gasteiger partial charge in [0.25, 0.3) is 0 Å². The van der Waals surface area contributed by atoms with Gasteiger partial charge in [0.05, 0.1) is 4.08 Å². The fraction of sp³-hybridized carbons (Fsp3) is 1.00. The average molecular weight is 161 g/mol. The first-order chi connectivity index (χ1) is 4.41. The van der Waals surface area contributed by atoms with Gasteiger partial charge >= 0.3 is 0 Å². The molecule has 0 aromatic rings. The van der Waals surface area contributed by atoms with Crippen LogP contribution in [0.5, 0.6) is 0 Å². The van der Waals surface area contributed by atoms with Crippen molar-refractivity contribution in [2.75, 3.05) is 24.6 Å². The third-order valence-corrected chi connectivity index (χ3v) is 5.13. The summed E-state index contributed by atoms with van der Waals surface area (Å²) in [4.78, 5) is 0. The molecule has 52 valence electrons. The lowest BCUT2D eigenvalue weighted by atomic mass is 10.3. The summed E-state index contributed by atoms with van der Waals surface area (Å²) in [5.41, 5.74) is 0. The molecule has 2 aliphatic rings. The Morgan fingerprint density at radius 1 is 1.11 bits per heavy atom. The Bertz CT molecular complexity index is 104. The van der Waals surface area contributed by atoms with Crippen LogP contribution in [0.15, 0.2) is 0 Å². The van der Waals surface area contributed by atoms with Crippen molar-refractivity contribution >= 4 is 23.5 Å². The monoisotopic (exact) mass is 161 g/mol. The van der Waals surface area contributed by atoms with Crippen molar-refractivity contribution in [2.24, 2.45) is 0 Å². The normalized spacial score (nSPS) is 32.0. The largest absolute Gasteiger partial charge is 0.312 e. The number of rotatable bonds is 0. The Morgan fingerprint density at radius 3 is 2.11 bits per heavy atom. The zero-order chi connectivity index (χ0) is 6.16. The van der Waals surface area contributed by atoms with E-state index in [0.29, 0.717) is 4.08 Å². The Labute approximate surface area is 64.3 Å². The van der Waals surface area contributed by atoms with E-state index in [1.807, 2.05) is 0 Å². The van der Waals surface area contributed by atoms with Crippen LogP contribution in [0.25, 0.3) is 0 Å². The van der Waals surface area contributed by atoms with E-state index in [-0.39, 0.29) is 0 Å². The summed E-state index contributed by atoms with van der Waals surface area (Å²) in [6.45, 7) is 2.48. The summed E-state index contributed by atoms with van der Waals surface area (Å²) < 4.78 is 0.623. The Hall–Kier alpha value is 0.660. The second-order valence-electron chi connectivity index (χ2n) is 2.56. The van der Waals surface area contributed by atoms with E-state index < -0.39 is 0 Å². The second-order valence-corrected chi connectivity index (χ2v) is 5.78. The van der Waals surface area contributed by atoms with Crippen molar-refractivity contribution in [1.82, 2.24) is 5.32 Å². The lowest BCUT2D eigenvalue weighted by molar-refractivity contribution is 0.506. The number of hydrogen-bond acceptors (Lipinski definition) is 3. The van der Waals surface area contributed by atoms with Crippen LogP contribution in [-0.2, 0) is 0 Å². The zero-order valence-electron chi connectivity index (χ0n) is 5.35. The standard InChI is InChI=1S/C6H11NS2/c1-2-8-6(9-3-1)4-7-5-6/h7H,1-5H2. The van der Waals surface area contributed by atoms with E-state index in [4.69, 9.17) is 0 Å². The first-order valence-electron chi connectivity index (χ1n) is 3.40. The first kappa shape index (κ1) is 6.38. The minimum atomic E-state index is 0.623. The number of thioether (sulfide) groups is 2. The lowest BCUT2D eigenvalue weighted by Gasteiger charge is -2.43. The fourth-order valence-corrected chi connectivity index (χ4v) is 4.30. The van der Waals surface area contributed by atoms with E-state index in [9.17, 15) is 0 Å². The van der Waals surface area contributed by atoms with Gasteiger partial charge in [0.1, 0.15) is 0 Å². The van der Waals surface area contributed by atoms with Crippen LogP contribution in [0.1, 0.15) is 6.42 Å². The molecular weight excluding hydrogens is 150 g/mol. The maximum atomic E-state index is 3.33. The summed E-state index contributed by atoms with van der Waals surface area (Å²) >= 11 is 4.31. The molecule has 0 amide bonds. The van der Waals surface area contributed by atoms with Gasteiger partial charge in [-0.3, -0.25) is 0 Å². The van der Waals surface area contributed by atoms with Crippen LogP contribution >= 0.6 is 23.5 Å². The van der Waals surface area contributed by atoms with Gasteiger partial charge in [0.15, 0.2) is 0 Å². The summed E-state index contributed by atoms with van der Waals surface area (Å²) in [6, 6.07) is 0. The molecule has 2 rings (SSSR count). The molecule has 0 bridgehead atoms. The molecule has 2 aliphatic heterocycles. The van der Waals surface area contributed by atoms with Gasteiger partial charge in [0, 0.05) is 13.1 Å². The molecule has 0 radical (unpaired) electrons. The minimum Gasteiger partial charge on any atom is -0.312 e. The highest BCUT2D eigenvalue weighted by atomic mass is 32.2. The third kappa shape index (κ3) is 1.10. The van der Waals surface area contributed by atoms with E-state index >= 15 is 0 Å². The molecule has 1 N–H and O–H groups in total. The number of nitrogens with one attached hydrogen (secondary N) is 1. The van der Waals surface area contributed by atoms with Crippen molar-refractivity contribution in [1.29, 1.82) is 0 Å². The highest BCUT2D eigenvalue weighted by Crippen LogP contribution is 2.44. The van der Waals surface area contributed by atoms with Crippen molar-refractivity contribution in [3.05, 3.63) is 0 Å². The van der Waals surface area contributed by atoms with Crippen LogP contribution in [0.2, 0.25) is 0 Å².